The molecule has 0 N–H and O–H groups in total. The third kappa shape index (κ3) is 8.60. The number of aryl methyl sites for hydroxylation is 3. The number of rotatable bonds is 5. The molecule has 0 saturated carbocycles. The number of hydrogen-bond acceptors (Lipinski definition) is 1. The van der Waals surface area contributed by atoms with E-state index in [0.717, 1.165) is 17.1 Å². The monoisotopic (exact) mass is 745 g/mol. The van der Waals surface area contributed by atoms with Gasteiger partial charge in [-0.15, -0.1) is 0 Å². The van der Waals surface area contributed by atoms with Crippen molar-refractivity contribution in [2.45, 2.75) is 20.8 Å². The van der Waals surface area contributed by atoms with Gasteiger partial charge >= 0.3 is 0 Å². The highest BCUT2D eigenvalue weighted by Gasteiger charge is 2.16. The minimum atomic E-state index is 1.14. The second-order valence-corrected chi connectivity index (χ2v) is 14.8. The van der Waals surface area contributed by atoms with E-state index in [2.05, 4.69) is 232 Å². The molecule has 0 unspecified atom stereocenters. The summed E-state index contributed by atoms with van der Waals surface area (Å²) in [7, 11) is 0. The van der Waals surface area contributed by atoms with E-state index >= 15 is 0 Å². The summed E-state index contributed by atoms with van der Waals surface area (Å²) in [6.07, 6.45) is 0. The third-order valence-electron chi connectivity index (χ3n) is 10.6. The average molecular weight is 746 g/mol. The highest BCUT2D eigenvalue weighted by Crippen LogP contribution is 2.41. The lowest BCUT2D eigenvalue weighted by molar-refractivity contribution is 1.29. The molecule has 10 aromatic rings. The Morgan fingerprint density at radius 1 is 0.224 bits per heavy atom. The summed E-state index contributed by atoms with van der Waals surface area (Å²) in [6, 6.07) is 81.9. The normalized spacial score (nSPS) is 10.7. The predicted octanol–water partition coefficient (Wildman–Crippen LogP) is 16.2. The molecule has 1 nitrogen and oxygen atoms in total. The molecule has 0 aliphatic heterocycles. The summed E-state index contributed by atoms with van der Waals surface area (Å²) in [6.45, 7) is 6.36. The smallest absolute Gasteiger partial charge is 0.0468 e. The lowest BCUT2D eigenvalue weighted by atomic mass is 9.93. The Balaban J connectivity index is 0.000000191. The van der Waals surface area contributed by atoms with E-state index in [0.29, 0.717) is 0 Å². The van der Waals surface area contributed by atoms with Gasteiger partial charge in [-0.1, -0.05) is 211 Å². The van der Waals surface area contributed by atoms with E-state index in [-0.39, 0.29) is 0 Å². The summed E-state index contributed by atoms with van der Waals surface area (Å²) < 4.78 is 0. The summed E-state index contributed by atoms with van der Waals surface area (Å²) in [5.41, 5.74) is 12.3. The second kappa shape index (κ2) is 17.7. The van der Waals surface area contributed by atoms with Gasteiger partial charge in [0.25, 0.3) is 0 Å². The molecular formula is C57H47N. The molecular weight excluding hydrogens is 699 g/mol. The van der Waals surface area contributed by atoms with Crippen molar-refractivity contribution in [3.8, 4) is 22.3 Å². The molecule has 0 atom stereocenters. The van der Waals surface area contributed by atoms with Gasteiger partial charge in [0.2, 0.25) is 0 Å². The molecule has 10 rings (SSSR count). The zero-order chi connectivity index (χ0) is 39.7. The van der Waals surface area contributed by atoms with Crippen LogP contribution in [0.3, 0.4) is 0 Å². The van der Waals surface area contributed by atoms with E-state index in [9.17, 15) is 0 Å². The number of fused-ring (bicyclic) bond motifs is 6. The predicted molar refractivity (Wildman–Crippen MR) is 252 cm³/mol. The Morgan fingerprint density at radius 2 is 0.569 bits per heavy atom. The van der Waals surface area contributed by atoms with E-state index < -0.39 is 0 Å². The molecule has 0 radical (unpaired) electrons. The summed E-state index contributed by atoms with van der Waals surface area (Å²) in [5, 5.41) is 7.77. The fourth-order valence-electron chi connectivity index (χ4n) is 7.57. The molecule has 1 heteroatoms. The van der Waals surface area contributed by atoms with Gasteiger partial charge in [0.15, 0.2) is 0 Å². The Hall–Kier alpha value is -7.22. The Bertz CT molecular complexity index is 2860. The topological polar surface area (TPSA) is 3.24 Å². The number of para-hydroxylation sites is 1. The maximum atomic E-state index is 2.36. The van der Waals surface area contributed by atoms with Crippen LogP contribution in [0, 0.1) is 20.8 Å². The molecule has 0 aromatic heterocycles. The van der Waals surface area contributed by atoms with Crippen molar-refractivity contribution in [1.29, 1.82) is 0 Å². The first-order valence-corrected chi connectivity index (χ1v) is 20.0. The van der Waals surface area contributed by atoms with E-state index in [4.69, 9.17) is 0 Å². The van der Waals surface area contributed by atoms with Crippen LogP contribution in [0.25, 0.3) is 54.6 Å². The molecule has 0 heterocycles. The number of anilines is 3. The molecule has 58 heavy (non-hydrogen) atoms. The van der Waals surface area contributed by atoms with Crippen LogP contribution in [0.4, 0.5) is 17.1 Å². The van der Waals surface area contributed by atoms with Crippen LogP contribution in [0.1, 0.15) is 16.7 Å². The van der Waals surface area contributed by atoms with Crippen molar-refractivity contribution in [2.24, 2.45) is 0 Å². The highest BCUT2D eigenvalue weighted by atomic mass is 15.1. The molecule has 0 spiro atoms. The Kier molecular flexibility index (Phi) is 11.5. The number of benzene rings is 10. The van der Waals surface area contributed by atoms with Crippen molar-refractivity contribution in [3.63, 3.8) is 0 Å². The number of nitrogens with zero attached hydrogens (tertiary/aromatic N) is 1. The van der Waals surface area contributed by atoms with Crippen LogP contribution < -0.4 is 4.90 Å². The molecule has 0 fully saturated rings. The van der Waals surface area contributed by atoms with Gasteiger partial charge in [0.1, 0.15) is 0 Å². The molecule has 0 bridgehead atoms. The van der Waals surface area contributed by atoms with Crippen molar-refractivity contribution >= 4 is 49.4 Å². The SMILES string of the molecule is Cc1ccc(-c2ccccc2)cc1.Cc1ccc2c3ccccc3c3ccc(N(c4ccccc4)c4ccc(-c5ccccc5)cc4)cc3c2c1.Cc1ccccc1. The fraction of sp³-hybridized carbons (Fsp3) is 0.0526. The fourth-order valence-corrected chi connectivity index (χ4v) is 7.57. The van der Waals surface area contributed by atoms with Gasteiger partial charge in [-0.05, 0) is 112 Å². The van der Waals surface area contributed by atoms with Gasteiger partial charge in [-0.3, -0.25) is 0 Å². The van der Waals surface area contributed by atoms with Gasteiger partial charge in [0, 0.05) is 17.1 Å². The molecule has 0 amide bonds. The first-order chi connectivity index (χ1) is 28.5. The van der Waals surface area contributed by atoms with Gasteiger partial charge in [-0.2, -0.15) is 0 Å². The van der Waals surface area contributed by atoms with Crippen molar-refractivity contribution < 1.29 is 0 Å². The van der Waals surface area contributed by atoms with Crippen molar-refractivity contribution in [3.05, 3.63) is 247 Å². The second-order valence-electron chi connectivity index (χ2n) is 14.8. The minimum absolute atomic E-state index is 1.14. The third-order valence-corrected chi connectivity index (χ3v) is 10.6. The van der Waals surface area contributed by atoms with Crippen molar-refractivity contribution in [1.82, 2.24) is 0 Å². The van der Waals surface area contributed by atoms with E-state index in [1.165, 1.54) is 71.3 Å². The van der Waals surface area contributed by atoms with Crippen LogP contribution in [0.15, 0.2) is 231 Å². The number of hydrogen-bond donors (Lipinski definition) is 0. The van der Waals surface area contributed by atoms with E-state index in [1.807, 2.05) is 24.3 Å². The Labute approximate surface area is 343 Å². The molecule has 280 valence electrons. The first-order valence-electron chi connectivity index (χ1n) is 20.0. The summed E-state index contributed by atoms with van der Waals surface area (Å²) in [5.74, 6) is 0. The molecule has 0 aliphatic rings. The molecule has 10 aromatic carbocycles. The first kappa shape index (κ1) is 37.7. The van der Waals surface area contributed by atoms with Gasteiger partial charge < -0.3 is 4.90 Å². The maximum Gasteiger partial charge on any atom is 0.0468 e. The standard InChI is InChI=1S/C37H27N.C13H12.C7H8/c1-26-16-22-34-32-14-8-9-15-33(32)35-23-21-31(25-37(35)36(34)24-26)38(29-12-6-3-7-13-29)30-19-17-28(18-20-30)27-10-4-2-5-11-27;1-11-7-9-13(10-8-11)12-5-3-2-4-6-12;1-7-5-3-2-4-6-7/h2-25H,1H3;2-10H,1H3;2-6H,1H3. The van der Waals surface area contributed by atoms with Gasteiger partial charge in [-0.25, -0.2) is 0 Å². The van der Waals surface area contributed by atoms with Crippen LogP contribution in [-0.2, 0) is 0 Å². The highest BCUT2D eigenvalue weighted by molar-refractivity contribution is 6.26. The van der Waals surface area contributed by atoms with Crippen LogP contribution in [0.5, 0.6) is 0 Å². The summed E-state index contributed by atoms with van der Waals surface area (Å²) >= 11 is 0. The van der Waals surface area contributed by atoms with Crippen LogP contribution in [0.2, 0.25) is 0 Å². The largest absolute Gasteiger partial charge is 0.310 e. The van der Waals surface area contributed by atoms with Crippen molar-refractivity contribution in [2.75, 3.05) is 4.90 Å². The van der Waals surface area contributed by atoms with Crippen LogP contribution in [-0.4, -0.2) is 0 Å². The maximum absolute atomic E-state index is 2.36. The lowest BCUT2D eigenvalue weighted by Gasteiger charge is -2.26. The quantitative estimate of drug-likeness (QED) is 0.159. The van der Waals surface area contributed by atoms with Gasteiger partial charge in [0.05, 0.1) is 0 Å². The van der Waals surface area contributed by atoms with E-state index in [1.54, 1.807) is 0 Å². The Morgan fingerprint density at radius 3 is 1.09 bits per heavy atom. The summed E-state index contributed by atoms with van der Waals surface area (Å²) in [4.78, 5) is 2.35. The lowest BCUT2D eigenvalue weighted by Crippen LogP contribution is -2.09. The average Bonchev–Trinajstić information content (AvgIpc) is 3.29. The zero-order valence-corrected chi connectivity index (χ0v) is 33.4. The minimum Gasteiger partial charge on any atom is -0.310 e. The molecule has 0 saturated heterocycles. The zero-order valence-electron chi connectivity index (χ0n) is 33.4. The molecule has 0 aliphatic carbocycles. The van der Waals surface area contributed by atoms with Crippen LogP contribution >= 0.6 is 0 Å².